The Bertz CT molecular complexity index is 365. The molecule has 0 saturated carbocycles. The molecule has 2 atom stereocenters. The van der Waals surface area contributed by atoms with Gasteiger partial charge >= 0.3 is 6.61 Å². The van der Waals surface area contributed by atoms with E-state index < -0.39 is 6.61 Å². The molecule has 0 spiro atoms. The molecule has 0 aromatic heterocycles. The number of ether oxygens (including phenoxy) is 1. The van der Waals surface area contributed by atoms with Gasteiger partial charge in [-0.1, -0.05) is 18.2 Å². The summed E-state index contributed by atoms with van der Waals surface area (Å²) in [5.74, 6) is 0.181. The zero-order valence-electron chi connectivity index (χ0n) is 10.7. The molecule has 2 unspecified atom stereocenters. The fraction of sp³-hybridized carbons (Fsp3) is 0.429. The predicted molar refractivity (Wildman–Crippen MR) is 68.9 cm³/mol. The second-order valence-corrected chi connectivity index (χ2v) is 4.26. The van der Waals surface area contributed by atoms with Gasteiger partial charge in [-0.15, -0.1) is 6.58 Å². The Balaban J connectivity index is 2.58. The Morgan fingerprint density at radius 2 is 1.89 bits per heavy atom. The van der Waals surface area contributed by atoms with Gasteiger partial charge in [0.05, 0.1) is 0 Å². The SMILES string of the molecule is C=CCC(C)NC(C)c1ccc(OC(F)F)cc1. The molecule has 100 valence electrons. The van der Waals surface area contributed by atoms with Gasteiger partial charge in [0.15, 0.2) is 0 Å². The molecular formula is C14H19F2NO. The van der Waals surface area contributed by atoms with E-state index >= 15 is 0 Å². The first kappa shape index (κ1) is 14.6. The molecule has 18 heavy (non-hydrogen) atoms. The third-order valence-corrected chi connectivity index (χ3v) is 2.66. The van der Waals surface area contributed by atoms with Crippen LogP contribution in [0, 0.1) is 0 Å². The summed E-state index contributed by atoms with van der Waals surface area (Å²) in [5, 5.41) is 3.40. The number of halogens is 2. The van der Waals surface area contributed by atoms with Crippen molar-refractivity contribution in [2.45, 2.75) is 39.0 Å². The molecule has 0 heterocycles. The van der Waals surface area contributed by atoms with E-state index in [0.29, 0.717) is 6.04 Å². The average molecular weight is 255 g/mol. The summed E-state index contributed by atoms with van der Waals surface area (Å²) < 4.78 is 28.3. The summed E-state index contributed by atoms with van der Waals surface area (Å²) in [4.78, 5) is 0. The summed E-state index contributed by atoms with van der Waals surface area (Å²) in [6, 6.07) is 7.16. The summed E-state index contributed by atoms with van der Waals surface area (Å²) in [6.07, 6.45) is 2.75. The summed E-state index contributed by atoms with van der Waals surface area (Å²) in [5.41, 5.74) is 1.03. The van der Waals surface area contributed by atoms with E-state index in [1.807, 2.05) is 13.0 Å². The van der Waals surface area contributed by atoms with Gasteiger partial charge in [-0.2, -0.15) is 8.78 Å². The van der Waals surface area contributed by atoms with Gasteiger partial charge in [-0.3, -0.25) is 0 Å². The Morgan fingerprint density at radius 1 is 1.28 bits per heavy atom. The maximum absolute atomic E-state index is 12.0. The van der Waals surface area contributed by atoms with Crippen LogP contribution >= 0.6 is 0 Å². The minimum atomic E-state index is -2.78. The lowest BCUT2D eigenvalue weighted by molar-refractivity contribution is -0.0498. The number of hydrogen-bond donors (Lipinski definition) is 1. The molecule has 0 radical (unpaired) electrons. The van der Waals surface area contributed by atoms with Crippen molar-refractivity contribution in [2.24, 2.45) is 0 Å². The number of nitrogens with one attached hydrogen (secondary N) is 1. The predicted octanol–water partition coefficient (Wildman–Crippen LogP) is 3.90. The largest absolute Gasteiger partial charge is 0.435 e. The number of alkyl halides is 2. The fourth-order valence-electron chi connectivity index (χ4n) is 1.78. The van der Waals surface area contributed by atoms with E-state index in [1.165, 1.54) is 0 Å². The molecule has 0 aliphatic carbocycles. The van der Waals surface area contributed by atoms with E-state index in [9.17, 15) is 8.78 Å². The minimum absolute atomic E-state index is 0.153. The van der Waals surface area contributed by atoms with Gasteiger partial charge < -0.3 is 10.1 Å². The average Bonchev–Trinajstić information content (AvgIpc) is 2.29. The highest BCUT2D eigenvalue weighted by atomic mass is 19.3. The van der Waals surface area contributed by atoms with Crippen LogP contribution in [0.1, 0.15) is 31.9 Å². The molecule has 0 saturated heterocycles. The zero-order chi connectivity index (χ0) is 13.5. The van der Waals surface area contributed by atoms with Crippen molar-refractivity contribution in [3.05, 3.63) is 42.5 Å². The lowest BCUT2D eigenvalue weighted by atomic mass is 10.1. The standard InChI is InChI=1S/C14H19F2NO/c1-4-5-10(2)17-11(3)12-6-8-13(9-7-12)18-14(15)16/h4,6-11,14,17H,1,5H2,2-3H3. The van der Waals surface area contributed by atoms with Crippen molar-refractivity contribution < 1.29 is 13.5 Å². The van der Waals surface area contributed by atoms with E-state index in [0.717, 1.165) is 12.0 Å². The Morgan fingerprint density at radius 3 is 2.39 bits per heavy atom. The highest BCUT2D eigenvalue weighted by Crippen LogP contribution is 2.19. The normalized spacial score (nSPS) is 14.3. The van der Waals surface area contributed by atoms with Gasteiger partial charge in [0.25, 0.3) is 0 Å². The second kappa shape index (κ2) is 7.11. The summed E-state index contributed by atoms with van der Waals surface area (Å²) >= 11 is 0. The van der Waals surface area contributed by atoms with Crippen LogP contribution in [0.5, 0.6) is 5.75 Å². The van der Waals surface area contributed by atoms with Crippen molar-refractivity contribution in [1.29, 1.82) is 0 Å². The van der Waals surface area contributed by atoms with Crippen LogP contribution < -0.4 is 10.1 Å². The van der Waals surface area contributed by atoms with E-state index in [2.05, 4.69) is 23.6 Å². The number of hydrogen-bond acceptors (Lipinski definition) is 2. The molecule has 1 N–H and O–H groups in total. The van der Waals surface area contributed by atoms with Crippen LogP contribution in [0.15, 0.2) is 36.9 Å². The van der Waals surface area contributed by atoms with Crippen LogP contribution in [-0.4, -0.2) is 12.7 Å². The second-order valence-electron chi connectivity index (χ2n) is 4.26. The van der Waals surface area contributed by atoms with Gasteiger partial charge in [-0.05, 0) is 38.0 Å². The van der Waals surface area contributed by atoms with Crippen LogP contribution in [0.25, 0.3) is 0 Å². The van der Waals surface area contributed by atoms with E-state index in [4.69, 9.17) is 0 Å². The Kier molecular flexibility index (Phi) is 5.78. The van der Waals surface area contributed by atoms with Gasteiger partial charge in [0.1, 0.15) is 5.75 Å². The molecule has 0 fully saturated rings. The molecule has 0 amide bonds. The first-order chi connectivity index (χ1) is 8.52. The summed E-state index contributed by atoms with van der Waals surface area (Å²) in [7, 11) is 0. The fourth-order valence-corrected chi connectivity index (χ4v) is 1.78. The van der Waals surface area contributed by atoms with Gasteiger partial charge in [0, 0.05) is 12.1 Å². The lowest BCUT2D eigenvalue weighted by Crippen LogP contribution is -2.28. The van der Waals surface area contributed by atoms with Crippen molar-refractivity contribution >= 4 is 0 Å². The quantitative estimate of drug-likeness (QED) is 0.746. The topological polar surface area (TPSA) is 21.3 Å². The van der Waals surface area contributed by atoms with Gasteiger partial charge in [0.2, 0.25) is 0 Å². The smallest absolute Gasteiger partial charge is 0.387 e. The molecule has 0 bridgehead atoms. The van der Waals surface area contributed by atoms with E-state index in [1.54, 1.807) is 24.3 Å². The molecule has 0 aliphatic rings. The van der Waals surface area contributed by atoms with Crippen molar-refractivity contribution in [1.82, 2.24) is 5.32 Å². The van der Waals surface area contributed by atoms with Crippen LogP contribution in [-0.2, 0) is 0 Å². The third kappa shape index (κ3) is 4.84. The molecule has 1 aromatic rings. The number of benzene rings is 1. The zero-order valence-corrected chi connectivity index (χ0v) is 10.7. The molecule has 0 aliphatic heterocycles. The maximum Gasteiger partial charge on any atom is 0.387 e. The van der Waals surface area contributed by atoms with Crippen molar-refractivity contribution in [2.75, 3.05) is 0 Å². The summed E-state index contributed by atoms with van der Waals surface area (Å²) in [6.45, 7) is 5.02. The van der Waals surface area contributed by atoms with E-state index in [-0.39, 0.29) is 11.8 Å². The first-order valence-corrected chi connectivity index (χ1v) is 5.94. The minimum Gasteiger partial charge on any atom is -0.435 e. The van der Waals surface area contributed by atoms with Crippen LogP contribution in [0.3, 0.4) is 0 Å². The van der Waals surface area contributed by atoms with Gasteiger partial charge in [-0.25, -0.2) is 0 Å². The molecule has 1 rings (SSSR count). The number of rotatable bonds is 7. The van der Waals surface area contributed by atoms with Crippen molar-refractivity contribution in [3.8, 4) is 5.75 Å². The Labute approximate surface area is 107 Å². The lowest BCUT2D eigenvalue weighted by Gasteiger charge is -2.19. The third-order valence-electron chi connectivity index (χ3n) is 2.66. The molecular weight excluding hydrogens is 236 g/mol. The molecule has 1 aromatic carbocycles. The maximum atomic E-state index is 12.0. The highest BCUT2D eigenvalue weighted by molar-refractivity contribution is 5.29. The van der Waals surface area contributed by atoms with Crippen molar-refractivity contribution in [3.63, 3.8) is 0 Å². The highest BCUT2D eigenvalue weighted by Gasteiger charge is 2.09. The van der Waals surface area contributed by atoms with Crippen LogP contribution in [0.4, 0.5) is 8.78 Å². The first-order valence-electron chi connectivity index (χ1n) is 5.94. The molecule has 2 nitrogen and oxygen atoms in total. The Hall–Kier alpha value is -1.42. The monoisotopic (exact) mass is 255 g/mol. The van der Waals surface area contributed by atoms with Crippen LogP contribution in [0.2, 0.25) is 0 Å². The molecule has 4 heteroatoms.